The molecule has 3 heterocycles. The molecule has 2 amide bonds. The van der Waals surface area contributed by atoms with Crippen LogP contribution in [-0.2, 0) is 4.74 Å². The summed E-state index contributed by atoms with van der Waals surface area (Å²) in [6, 6.07) is 5.07. The van der Waals surface area contributed by atoms with E-state index in [0.717, 1.165) is 22.8 Å². The van der Waals surface area contributed by atoms with E-state index in [1.165, 1.54) is 47.2 Å². The fourth-order valence-corrected chi connectivity index (χ4v) is 4.64. The molecule has 0 saturated heterocycles. The number of fused-ring (bicyclic) bond motifs is 1. The lowest BCUT2D eigenvalue weighted by Gasteiger charge is -2.32. The minimum Gasteiger partial charge on any atom is -0.447 e. The van der Waals surface area contributed by atoms with E-state index in [4.69, 9.17) is 22.1 Å². The Hall–Kier alpha value is -4.80. The highest BCUT2D eigenvalue weighted by atomic mass is 35.5. The van der Waals surface area contributed by atoms with E-state index in [-0.39, 0.29) is 39.8 Å². The molecule has 0 aliphatic heterocycles. The number of benzene rings is 1. The maximum Gasteiger partial charge on any atom is 0.408 e. The summed E-state index contributed by atoms with van der Waals surface area (Å²) in [5.74, 6) is -1.76. The van der Waals surface area contributed by atoms with E-state index < -0.39 is 49.1 Å². The van der Waals surface area contributed by atoms with E-state index in [1.54, 1.807) is 11.4 Å². The number of carbonyl (C=O) groups excluding carboxylic acids is 2. The second-order valence-electron chi connectivity index (χ2n) is 11.9. The first-order valence-electron chi connectivity index (χ1n) is 14.5. The zero-order valence-electron chi connectivity index (χ0n) is 26.2. The van der Waals surface area contributed by atoms with Crippen LogP contribution in [0.2, 0.25) is 5.02 Å². The minimum absolute atomic E-state index is 0.0292. The number of ether oxygens (including phenoxy) is 1. The lowest BCUT2D eigenvalue weighted by molar-refractivity contribution is -0.150. The van der Waals surface area contributed by atoms with Crippen LogP contribution in [0.5, 0.6) is 0 Å². The molecule has 0 fully saturated rings. The fraction of sp³-hybridized carbons (Fsp3) is 0.400. The van der Waals surface area contributed by atoms with Crippen LogP contribution in [0.15, 0.2) is 60.1 Å². The summed E-state index contributed by atoms with van der Waals surface area (Å²) >= 11 is 6.38. The number of carbonyl (C=O) groups is 2. The number of pyridine rings is 1. The van der Waals surface area contributed by atoms with Crippen LogP contribution in [0.4, 0.5) is 26.7 Å². The number of nitrogens with one attached hydrogen (secondary N) is 1. The number of aromatic nitrogens is 5. The number of rotatable bonds is 10. The van der Waals surface area contributed by atoms with Crippen LogP contribution in [-0.4, -0.2) is 72.6 Å². The normalized spacial score (nSPS) is 13.9. The predicted molar refractivity (Wildman–Crippen MR) is 166 cm³/mol. The highest BCUT2D eigenvalue weighted by Crippen LogP contribution is 2.31. The summed E-state index contributed by atoms with van der Waals surface area (Å²) in [7, 11) is 0. The van der Waals surface area contributed by atoms with Crippen molar-refractivity contribution in [3.63, 3.8) is 0 Å². The zero-order valence-corrected chi connectivity index (χ0v) is 27.0. The largest absolute Gasteiger partial charge is 0.447 e. The molecule has 18 heteroatoms. The van der Waals surface area contributed by atoms with Crippen molar-refractivity contribution in [2.24, 2.45) is 16.1 Å². The van der Waals surface area contributed by atoms with Gasteiger partial charge >= 0.3 is 12.3 Å². The maximum atomic E-state index is 14.3. The Labute approximate surface area is 276 Å². The van der Waals surface area contributed by atoms with Gasteiger partial charge in [-0.1, -0.05) is 38.4 Å². The third-order valence-corrected chi connectivity index (χ3v) is 7.43. The van der Waals surface area contributed by atoms with Gasteiger partial charge in [0.2, 0.25) is 0 Å². The highest BCUT2D eigenvalue weighted by molar-refractivity contribution is 6.32. The highest BCUT2D eigenvalue weighted by Gasteiger charge is 2.38. The van der Waals surface area contributed by atoms with Crippen LogP contribution in [0, 0.1) is 5.41 Å². The number of alkyl carbamates (subject to hydrolysis) is 1. The summed E-state index contributed by atoms with van der Waals surface area (Å²) in [5.41, 5.74) is 7.04. The number of nitrogens with zero attached hydrogens (tertiary/aromatic N) is 7. The summed E-state index contributed by atoms with van der Waals surface area (Å²) in [4.78, 5) is 35.9. The molecule has 0 aliphatic carbocycles. The Bertz CT molecular complexity index is 1790. The van der Waals surface area contributed by atoms with Crippen molar-refractivity contribution in [3.8, 4) is 5.69 Å². The molecule has 3 aromatic heterocycles. The second-order valence-corrected chi connectivity index (χ2v) is 12.3. The van der Waals surface area contributed by atoms with Crippen LogP contribution in [0.25, 0.3) is 11.2 Å². The van der Waals surface area contributed by atoms with Crippen molar-refractivity contribution < 1.29 is 36.3 Å². The first-order chi connectivity index (χ1) is 22.5. The van der Waals surface area contributed by atoms with Crippen molar-refractivity contribution in [3.05, 3.63) is 77.1 Å². The van der Waals surface area contributed by atoms with Gasteiger partial charge in [-0.05, 0) is 54.7 Å². The van der Waals surface area contributed by atoms with Crippen molar-refractivity contribution in [2.45, 2.75) is 58.8 Å². The molecule has 3 N–H and O–H groups in total. The summed E-state index contributed by atoms with van der Waals surface area (Å²) in [5, 5.41) is 9.64. The van der Waals surface area contributed by atoms with Gasteiger partial charge < -0.3 is 15.8 Å². The molecule has 0 unspecified atom stereocenters. The van der Waals surface area contributed by atoms with Gasteiger partial charge in [0.15, 0.2) is 11.8 Å². The van der Waals surface area contributed by atoms with Crippen LogP contribution >= 0.6 is 11.6 Å². The molecule has 4 aromatic rings. The molecule has 0 saturated carbocycles. The van der Waals surface area contributed by atoms with Crippen LogP contribution in [0.3, 0.4) is 0 Å². The lowest BCUT2D eigenvalue weighted by Crippen LogP contribution is -2.47. The van der Waals surface area contributed by atoms with Crippen LogP contribution < -0.4 is 11.1 Å². The SMILES string of the molecule is C[C@H](NC(=O)OC[C@H](c1ccc(Cl)c(-n2ncnc2C(F)F)c1)N(C(=O)c1ccn2nccc2c1)C(N)=NCCC(C)(C)C)C(F)(F)F. The number of alkyl halides is 5. The molecular formula is C30H33ClF5N9O3. The fourth-order valence-electron chi connectivity index (χ4n) is 4.44. The van der Waals surface area contributed by atoms with Gasteiger partial charge in [-0.15, -0.1) is 0 Å². The number of hydrogen-bond acceptors (Lipinski definition) is 7. The maximum absolute atomic E-state index is 14.3. The Balaban J connectivity index is 1.84. The van der Waals surface area contributed by atoms with Crippen molar-refractivity contribution in [1.82, 2.24) is 34.6 Å². The van der Waals surface area contributed by atoms with Crippen molar-refractivity contribution in [2.75, 3.05) is 13.2 Å². The summed E-state index contributed by atoms with van der Waals surface area (Å²) in [6.07, 6.45) is -4.72. The Morgan fingerprint density at radius 2 is 1.85 bits per heavy atom. The third kappa shape index (κ3) is 8.76. The Morgan fingerprint density at radius 3 is 2.52 bits per heavy atom. The number of nitrogens with two attached hydrogens (primary N) is 1. The molecule has 0 spiro atoms. The average molecular weight is 698 g/mol. The molecule has 4 rings (SSSR count). The Kier molecular flexibility index (Phi) is 10.9. The smallest absolute Gasteiger partial charge is 0.408 e. The Morgan fingerprint density at radius 1 is 1.12 bits per heavy atom. The van der Waals surface area contributed by atoms with Gasteiger partial charge in [-0.3, -0.25) is 14.7 Å². The van der Waals surface area contributed by atoms with Gasteiger partial charge in [0.05, 0.1) is 22.3 Å². The molecule has 12 nitrogen and oxygen atoms in total. The van der Waals surface area contributed by atoms with Gasteiger partial charge in [0.1, 0.15) is 19.0 Å². The third-order valence-electron chi connectivity index (χ3n) is 7.11. The van der Waals surface area contributed by atoms with Crippen LogP contribution in [0.1, 0.15) is 68.3 Å². The molecule has 0 radical (unpaired) electrons. The van der Waals surface area contributed by atoms with Gasteiger partial charge in [-0.2, -0.15) is 23.4 Å². The van der Waals surface area contributed by atoms with E-state index >= 15 is 0 Å². The zero-order chi connectivity index (χ0) is 35.4. The molecule has 0 bridgehead atoms. The van der Waals surface area contributed by atoms with E-state index in [0.29, 0.717) is 11.9 Å². The number of guanidine groups is 1. The van der Waals surface area contributed by atoms with Crippen molar-refractivity contribution >= 4 is 35.1 Å². The number of hydrogen-bond donors (Lipinski definition) is 2. The summed E-state index contributed by atoms with van der Waals surface area (Å²) < 4.78 is 74.5. The second kappa shape index (κ2) is 14.5. The topological polar surface area (TPSA) is 145 Å². The van der Waals surface area contributed by atoms with E-state index in [1.807, 2.05) is 20.8 Å². The standard InChI is InChI=1S/C30H33ClF5N9O3/c1-17(30(34,35)36)42-28(47)48-15-23(18-5-6-21(31)22(14-18)45-25(24(32)33)39-16-41-45)44(27(37)38-11-9-29(2,3)4)26(46)19-8-12-43-20(13-19)7-10-40-43/h5-8,10,12-14,16-17,23-24H,9,11,15H2,1-4H3,(H2,37,38)(H,42,47)/t17-,23+/m0/s1. The van der Waals surface area contributed by atoms with Gasteiger partial charge in [0, 0.05) is 24.5 Å². The van der Waals surface area contributed by atoms with E-state index in [2.05, 4.69) is 20.2 Å². The summed E-state index contributed by atoms with van der Waals surface area (Å²) in [6.45, 7) is 6.10. The number of amides is 2. The van der Waals surface area contributed by atoms with Gasteiger partial charge in [0.25, 0.3) is 12.3 Å². The molecule has 2 atom stereocenters. The van der Waals surface area contributed by atoms with Gasteiger partial charge in [-0.25, -0.2) is 27.8 Å². The monoisotopic (exact) mass is 697 g/mol. The van der Waals surface area contributed by atoms with Crippen molar-refractivity contribution in [1.29, 1.82) is 0 Å². The van der Waals surface area contributed by atoms with E-state index in [9.17, 15) is 31.5 Å². The number of aliphatic imine (C=N–C) groups is 1. The average Bonchev–Trinajstić information content (AvgIpc) is 3.68. The lowest BCUT2D eigenvalue weighted by atomic mass is 9.92. The predicted octanol–water partition coefficient (Wildman–Crippen LogP) is 6.12. The molecule has 1 aromatic carbocycles. The quantitative estimate of drug-likeness (QED) is 0.115. The number of halogens is 6. The molecular weight excluding hydrogens is 665 g/mol. The first kappa shape index (κ1) is 36.0. The molecule has 258 valence electrons. The minimum atomic E-state index is -4.76. The molecule has 48 heavy (non-hydrogen) atoms. The first-order valence-corrected chi connectivity index (χ1v) is 14.9. The molecule has 0 aliphatic rings.